The number of halogens is 1. The fraction of sp³-hybridized carbons (Fsp3) is 0.500. The van der Waals surface area contributed by atoms with Gasteiger partial charge in [-0.05, 0) is 54.3 Å². The number of tetrazole rings is 1. The van der Waals surface area contributed by atoms with Gasteiger partial charge in [0.15, 0.2) is 0 Å². The van der Waals surface area contributed by atoms with Crippen molar-refractivity contribution < 1.29 is 0 Å². The molecule has 1 heterocycles. The summed E-state index contributed by atoms with van der Waals surface area (Å²) in [5, 5.41) is 15.5. The number of hydrogen-bond donors (Lipinski definition) is 1. The molecule has 1 N–H and O–H groups in total. The fourth-order valence-electron chi connectivity index (χ4n) is 2.87. The first-order valence-electron chi connectivity index (χ1n) is 7.03. The molecule has 0 spiro atoms. The van der Waals surface area contributed by atoms with Gasteiger partial charge in [-0.25, -0.2) is 4.68 Å². The molecule has 106 valence electrons. The Morgan fingerprint density at radius 3 is 2.85 bits per heavy atom. The maximum absolute atomic E-state index is 6.28. The van der Waals surface area contributed by atoms with Crippen LogP contribution < -0.4 is 5.32 Å². The second-order valence-corrected chi connectivity index (χ2v) is 5.80. The van der Waals surface area contributed by atoms with Crippen molar-refractivity contribution in [3.8, 4) is 5.69 Å². The van der Waals surface area contributed by atoms with Crippen LogP contribution in [-0.2, 0) is 0 Å². The van der Waals surface area contributed by atoms with E-state index >= 15 is 0 Å². The van der Waals surface area contributed by atoms with E-state index in [1.54, 1.807) is 11.0 Å². The first-order valence-corrected chi connectivity index (χ1v) is 7.41. The van der Waals surface area contributed by atoms with Gasteiger partial charge in [-0.3, -0.25) is 0 Å². The molecule has 20 heavy (non-hydrogen) atoms. The monoisotopic (exact) mass is 291 g/mol. The van der Waals surface area contributed by atoms with E-state index in [2.05, 4.69) is 27.8 Å². The van der Waals surface area contributed by atoms with Gasteiger partial charge in [0, 0.05) is 6.04 Å². The molecule has 1 fully saturated rings. The van der Waals surface area contributed by atoms with Crippen LogP contribution in [0.1, 0.15) is 32.6 Å². The predicted octanol–water partition coefficient (Wildman–Crippen LogP) is 3.31. The molecule has 1 saturated carbocycles. The first kappa shape index (κ1) is 13.4. The Kier molecular flexibility index (Phi) is 3.87. The number of rotatable bonds is 4. The molecule has 1 aliphatic rings. The lowest BCUT2D eigenvalue weighted by Crippen LogP contribution is -2.24. The Labute approximate surface area is 123 Å². The molecular formula is C14H18ClN5. The topological polar surface area (TPSA) is 55.6 Å². The molecule has 1 atom stereocenters. The van der Waals surface area contributed by atoms with Crippen LogP contribution >= 0.6 is 11.6 Å². The van der Waals surface area contributed by atoms with E-state index in [0.29, 0.717) is 6.04 Å². The van der Waals surface area contributed by atoms with Gasteiger partial charge < -0.3 is 5.32 Å². The van der Waals surface area contributed by atoms with E-state index in [1.807, 2.05) is 18.2 Å². The zero-order valence-corrected chi connectivity index (χ0v) is 12.2. The molecule has 1 aliphatic carbocycles. The van der Waals surface area contributed by atoms with E-state index in [9.17, 15) is 0 Å². The Bertz CT molecular complexity index is 563. The van der Waals surface area contributed by atoms with Crippen LogP contribution in [0.2, 0.25) is 5.02 Å². The van der Waals surface area contributed by atoms with Crippen molar-refractivity contribution in [2.24, 2.45) is 5.92 Å². The van der Waals surface area contributed by atoms with Crippen LogP contribution in [0, 0.1) is 5.92 Å². The quantitative estimate of drug-likeness (QED) is 0.939. The summed E-state index contributed by atoms with van der Waals surface area (Å²) in [6.45, 7) is 2.23. The van der Waals surface area contributed by atoms with Crippen molar-refractivity contribution in [1.29, 1.82) is 0 Å². The summed E-state index contributed by atoms with van der Waals surface area (Å²) in [6.07, 6.45) is 6.87. The average molecular weight is 292 g/mol. The molecule has 1 unspecified atom stereocenters. The third kappa shape index (κ3) is 2.77. The van der Waals surface area contributed by atoms with Crippen molar-refractivity contribution in [1.82, 2.24) is 20.2 Å². The van der Waals surface area contributed by atoms with E-state index in [-0.39, 0.29) is 0 Å². The Morgan fingerprint density at radius 1 is 1.35 bits per heavy atom. The molecule has 1 aromatic carbocycles. The van der Waals surface area contributed by atoms with Crippen LogP contribution in [0.3, 0.4) is 0 Å². The van der Waals surface area contributed by atoms with Crippen molar-refractivity contribution in [3.05, 3.63) is 29.5 Å². The molecule has 0 bridgehead atoms. The number of nitrogens with one attached hydrogen (secondary N) is 1. The summed E-state index contributed by atoms with van der Waals surface area (Å²) in [5.41, 5.74) is 1.85. The maximum atomic E-state index is 6.28. The van der Waals surface area contributed by atoms with Gasteiger partial charge in [-0.2, -0.15) is 0 Å². The maximum Gasteiger partial charge on any atom is 0.143 e. The van der Waals surface area contributed by atoms with Gasteiger partial charge in [-0.1, -0.05) is 24.4 Å². The normalized spacial score (nSPS) is 17.3. The molecule has 0 aliphatic heterocycles. The molecule has 5 nitrogen and oxygen atoms in total. The minimum absolute atomic E-state index is 0.430. The molecule has 0 amide bonds. The van der Waals surface area contributed by atoms with E-state index < -0.39 is 0 Å². The van der Waals surface area contributed by atoms with Crippen molar-refractivity contribution in [3.63, 3.8) is 0 Å². The number of benzene rings is 1. The lowest BCUT2D eigenvalue weighted by Gasteiger charge is -2.22. The van der Waals surface area contributed by atoms with Crippen molar-refractivity contribution >= 4 is 17.3 Å². The first-order chi connectivity index (χ1) is 9.74. The van der Waals surface area contributed by atoms with Crippen LogP contribution in [0.25, 0.3) is 5.69 Å². The van der Waals surface area contributed by atoms with Crippen LogP contribution in [-0.4, -0.2) is 26.2 Å². The number of aromatic nitrogens is 4. The average Bonchev–Trinajstić information content (AvgIpc) is 3.14. The highest BCUT2D eigenvalue weighted by atomic mass is 35.5. The minimum Gasteiger partial charge on any atom is -0.381 e. The molecule has 3 rings (SSSR count). The zero-order valence-electron chi connectivity index (χ0n) is 11.5. The highest BCUT2D eigenvalue weighted by Gasteiger charge is 2.22. The summed E-state index contributed by atoms with van der Waals surface area (Å²) >= 11 is 6.28. The Morgan fingerprint density at radius 2 is 2.15 bits per heavy atom. The van der Waals surface area contributed by atoms with Gasteiger partial charge in [0.25, 0.3) is 0 Å². The molecule has 0 saturated heterocycles. The summed E-state index contributed by atoms with van der Waals surface area (Å²) in [6, 6.07) is 6.20. The van der Waals surface area contributed by atoms with Gasteiger partial charge in [0.2, 0.25) is 0 Å². The summed E-state index contributed by atoms with van der Waals surface area (Å²) < 4.78 is 1.63. The van der Waals surface area contributed by atoms with E-state index in [4.69, 9.17) is 11.6 Å². The smallest absolute Gasteiger partial charge is 0.143 e. The fourth-order valence-corrected chi connectivity index (χ4v) is 3.04. The van der Waals surface area contributed by atoms with Crippen molar-refractivity contribution in [2.45, 2.75) is 38.6 Å². The highest BCUT2D eigenvalue weighted by Crippen LogP contribution is 2.31. The lowest BCUT2D eigenvalue weighted by atomic mass is 9.99. The third-order valence-corrected chi connectivity index (χ3v) is 4.38. The van der Waals surface area contributed by atoms with E-state index in [0.717, 1.165) is 22.3 Å². The molecule has 0 radical (unpaired) electrons. The second-order valence-electron chi connectivity index (χ2n) is 5.40. The summed E-state index contributed by atoms with van der Waals surface area (Å²) in [4.78, 5) is 0. The molecule has 1 aromatic heterocycles. The predicted molar refractivity (Wildman–Crippen MR) is 79.2 cm³/mol. The van der Waals surface area contributed by atoms with Crippen LogP contribution in [0.5, 0.6) is 0 Å². The highest BCUT2D eigenvalue weighted by molar-refractivity contribution is 6.33. The number of anilines is 1. The van der Waals surface area contributed by atoms with Gasteiger partial charge in [0.05, 0.1) is 16.4 Å². The zero-order chi connectivity index (χ0) is 13.9. The minimum atomic E-state index is 0.430. The summed E-state index contributed by atoms with van der Waals surface area (Å²) in [5.74, 6) is 0.739. The lowest BCUT2D eigenvalue weighted by molar-refractivity contribution is 0.482. The van der Waals surface area contributed by atoms with Crippen molar-refractivity contribution in [2.75, 3.05) is 5.32 Å². The Hall–Kier alpha value is -1.62. The van der Waals surface area contributed by atoms with Crippen LogP contribution in [0.4, 0.5) is 5.69 Å². The molecular weight excluding hydrogens is 274 g/mol. The van der Waals surface area contributed by atoms with Gasteiger partial charge in [-0.15, -0.1) is 5.10 Å². The van der Waals surface area contributed by atoms with Gasteiger partial charge in [0.1, 0.15) is 6.33 Å². The second kappa shape index (κ2) is 5.79. The van der Waals surface area contributed by atoms with Crippen LogP contribution in [0.15, 0.2) is 24.5 Å². The summed E-state index contributed by atoms with van der Waals surface area (Å²) in [7, 11) is 0. The third-order valence-electron chi connectivity index (χ3n) is 4.05. The molecule has 2 aromatic rings. The molecule has 6 heteroatoms. The number of hydrogen-bond acceptors (Lipinski definition) is 4. The number of nitrogens with zero attached hydrogens (tertiary/aromatic N) is 4. The van der Waals surface area contributed by atoms with Gasteiger partial charge >= 0.3 is 0 Å². The largest absolute Gasteiger partial charge is 0.381 e. The van der Waals surface area contributed by atoms with E-state index in [1.165, 1.54) is 25.7 Å². The Balaban J connectivity index is 1.79. The standard InChI is InChI=1S/C14H18ClN5/c1-10(11-4-2-3-5-11)17-14-8-12(6-7-13(14)15)20-9-16-18-19-20/h6-11,17H,2-5H2,1H3. The SMILES string of the molecule is CC(Nc1cc(-n2cnnn2)ccc1Cl)C1CCCC1.